The highest BCUT2D eigenvalue weighted by molar-refractivity contribution is 7.18. The molecule has 2 heterocycles. The molecule has 0 radical (unpaired) electrons. The summed E-state index contributed by atoms with van der Waals surface area (Å²) in [4.78, 5) is 10.7. The first-order chi connectivity index (χ1) is 11.2. The van der Waals surface area contributed by atoms with Crippen LogP contribution in [0.5, 0.6) is 5.75 Å². The molecule has 8 nitrogen and oxygen atoms in total. The normalized spacial score (nSPS) is 10.5. The fourth-order valence-electron chi connectivity index (χ4n) is 2.08. The van der Waals surface area contributed by atoms with E-state index in [0.717, 1.165) is 22.5 Å². The van der Waals surface area contributed by atoms with Crippen LogP contribution >= 0.6 is 11.3 Å². The van der Waals surface area contributed by atoms with Crippen LogP contribution in [0.3, 0.4) is 0 Å². The van der Waals surface area contributed by atoms with Crippen LogP contribution in [0.2, 0.25) is 0 Å². The number of methoxy groups -OCH3 is 1. The summed E-state index contributed by atoms with van der Waals surface area (Å²) in [5, 5.41) is 23.7. The lowest BCUT2D eigenvalue weighted by atomic mass is 10.1. The van der Waals surface area contributed by atoms with E-state index in [2.05, 4.69) is 20.6 Å². The van der Waals surface area contributed by atoms with Gasteiger partial charge in [-0.15, -0.1) is 10.2 Å². The highest BCUT2D eigenvalue weighted by atomic mass is 32.1. The second kappa shape index (κ2) is 6.44. The van der Waals surface area contributed by atoms with Gasteiger partial charge < -0.3 is 9.84 Å². The third-order valence-electron chi connectivity index (χ3n) is 3.04. The molecular formula is C14H13N5O3S. The van der Waals surface area contributed by atoms with Crippen molar-refractivity contribution in [2.75, 3.05) is 12.4 Å². The number of nitrogens with one attached hydrogen (secondary N) is 1. The summed E-state index contributed by atoms with van der Waals surface area (Å²) >= 11 is 1.14. The van der Waals surface area contributed by atoms with Crippen LogP contribution in [-0.2, 0) is 6.54 Å². The van der Waals surface area contributed by atoms with Crippen LogP contribution in [-0.4, -0.2) is 38.3 Å². The first-order valence-electron chi connectivity index (χ1n) is 6.64. The van der Waals surface area contributed by atoms with E-state index in [4.69, 9.17) is 9.84 Å². The molecule has 3 rings (SSSR count). The zero-order valence-corrected chi connectivity index (χ0v) is 12.9. The molecule has 9 heteroatoms. The van der Waals surface area contributed by atoms with Gasteiger partial charge in [-0.25, -0.2) is 4.79 Å². The zero-order chi connectivity index (χ0) is 16.2. The lowest BCUT2D eigenvalue weighted by molar-refractivity contribution is 0.209. The van der Waals surface area contributed by atoms with Crippen molar-refractivity contribution in [3.8, 4) is 16.3 Å². The molecule has 0 aliphatic heterocycles. The van der Waals surface area contributed by atoms with Crippen molar-refractivity contribution in [3.05, 3.63) is 42.2 Å². The van der Waals surface area contributed by atoms with Gasteiger partial charge in [0, 0.05) is 12.4 Å². The van der Waals surface area contributed by atoms with Crippen LogP contribution < -0.4 is 10.1 Å². The molecule has 0 aliphatic rings. The second-order valence-electron chi connectivity index (χ2n) is 4.58. The van der Waals surface area contributed by atoms with Gasteiger partial charge in [0.25, 0.3) is 0 Å². The Kier molecular flexibility index (Phi) is 4.20. The number of carboxylic acid groups (broad SMARTS) is 1. The van der Waals surface area contributed by atoms with E-state index in [1.807, 2.05) is 35.1 Å². The molecule has 0 aliphatic carbocycles. The molecular weight excluding hydrogens is 318 g/mol. The van der Waals surface area contributed by atoms with Crippen LogP contribution in [0.25, 0.3) is 10.6 Å². The van der Waals surface area contributed by atoms with Crippen LogP contribution in [0, 0.1) is 0 Å². The van der Waals surface area contributed by atoms with Crippen molar-refractivity contribution in [2.45, 2.75) is 6.54 Å². The molecule has 0 spiro atoms. The minimum Gasteiger partial charge on any atom is -0.496 e. The topological polar surface area (TPSA) is 102 Å². The maximum atomic E-state index is 10.7. The molecule has 23 heavy (non-hydrogen) atoms. The predicted octanol–water partition coefficient (Wildman–Crippen LogP) is 2.55. The summed E-state index contributed by atoms with van der Waals surface area (Å²) < 4.78 is 7.17. The molecule has 0 unspecified atom stereocenters. The number of carbonyl (C=O) groups is 1. The van der Waals surface area contributed by atoms with Crippen molar-refractivity contribution in [3.63, 3.8) is 0 Å². The van der Waals surface area contributed by atoms with E-state index in [0.29, 0.717) is 17.3 Å². The van der Waals surface area contributed by atoms with Gasteiger partial charge in [0.15, 0.2) is 5.01 Å². The van der Waals surface area contributed by atoms with E-state index in [1.54, 1.807) is 13.3 Å². The van der Waals surface area contributed by atoms with Gasteiger partial charge in [-0.05, 0) is 23.8 Å². The fraction of sp³-hybridized carbons (Fsp3) is 0.143. The van der Waals surface area contributed by atoms with E-state index in [-0.39, 0.29) is 5.13 Å². The van der Waals surface area contributed by atoms with Crippen LogP contribution in [0.1, 0.15) is 5.56 Å². The minimum atomic E-state index is -1.17. The lowest BCUT2D eigenvalue weighted by Crippen LogP contribution is -2.06. The minimum absolute atomic E-state index is 0.215. The molecule has 118 valence electrons. The van der Waals surface area contributed by atoms with E-state index in [1.165, 1.54) is 0 Å². The van der Waals surface area contributed by atoms with Crippen LogP contribution in [0.15, 0.2) is 36.7 Å². The Labute approximate surface area is 135 Å². The number of hydrogen-bond donors (Lipinski definition) is 2. The maximum Gasteiger partial charge on any atom is 0.411 e. The second-order valence-corrected chi connectivity index (χ2v) is 5.56. The Morgan fingerprint density at radius 3 is 3.00 bits per heavy atom. The molecule has 0 saturated carbocycles. The zero-order valence-electron chi connectivity index (χ0n) is 12.1. The highest BCUT2D eigenvalue weighted by Crippen LogP contribution is 2.34. The summed E-state index contributed by atoms with van der Waals surface area (Å²) in [6.45, 7) is 0.614. The average Bonchev–Trinajstić information content (AvgIpc) is 3.18. The standard InChI is InChI=1S/C14H13N5O3S/c1-22-11-4-3-9(8-19-6-2-5-15-19)7-10(11)12-17-18-13(23-12)16-14(20)21/h2-7H,8H2,1H3,(H,16,18)(H,20,21). The SMILES string of the molecule is COc1ccc(Cn2cccn2)cc1-c1nnc(NC(=O)O)s1. The monoisotopic (exact) mass is 331 g/mol. The van der Waals surface area contributed by atoms with Gasteiger partial charge in [0.2, 0.25) is 5.13 Å². The lowest BCUT2D eigenvalue weighted by Gasteiger charge is -2.09. The van der Waals surface area contributed by atoms with Crippen molar-refractivity contribution in [1.82, 2.24) is 20.0 Å². The van der Waals surface area contributed by atoms with Crippen molar-refractivity contribution < 1.29 is 14.6 Å². The third-order valence-corrected chi connectivity index (χ3v) is 3.91. The molecule has 0 saturated heterocycles. The van der Waals surface area contributed by atoms with Gasteiger partial charge in [-0.1, -0.05) is 17.4 Å². The van der Waals surface area contributed by atoms with E-state index in [9.17, 15) is 4.79 Å². The number of anilines is 1. The average molecular weight is 331 g/mol. The van der Waals surface area contributed by atoms with Gasteiger partial charge in [-0.3, -0.25) is 10.00 Å². The molecule has 3 aromatic rings. The Morgan fingerprint density at radius 1 is 1.43 bits per heavy atom. The molecule has 1 amide bonds. The number of benzene rings is 1. The highest BCUT2D eigenvalue weighted by Gasteiger charge is 2.14. The summed E-state index contributed by atoms with van der Waals surface area (Å²) in [7, 11) is 1.57. The molecule has 0 fully saturated rings. The summed E-state index contributed by atoms with van der Waals surface area (Å²) in [5.41, 5.74) is 1.78. The Balaban J connectivity index is 1.92. The van der Waals surface area contributed by atoms with E-state index >= 15 is 0 Å². The van der Waals surface area contributed by atoms with E-state index < -0.39 is 6.09 Å². The molecule has 0 bridgehead atoms. The maximum absolute atomic E-state index is 10.7. The number of amides is 1. The Bertz CT molecular complexity index is 816. The van der Waals surface area contributed by atoms with Crippen LogP contribution in [0.4, 0.5) is 9.93 Å². The van der Waals surface area contributed by atoms with Crippen molar-refractivity contribution >= 4 is 22.6 Å². The number of hydrogen-bond acceptors (Lipinski definition) is 6. The summed E-state index contributed by atoms with van der Waals surface area (Å²) in [5.74, 6) is 0.646. The van der Waals surface area contributed by atoms with Gasteiger partial charge >= 0.3 is 6.09 Å². The molecule has 0 atom stereocenters. The number of nitrogens with zero attached hydrogens (tertiary/aromatic N) is 4. The number of aromatic nitrogens is 4. The smallest absolute Gasteiger partial charge is 0.411 e. The summed E-state index contributed by atoms with van der Waals surface area (Å²) in [6, 6.07) is 7.59. The summed E-state index contributed by atoms with van der Waals surface area (Å²) in [6.07, 6.45) is 2.43. The van der Waals surface area contributed by atoms with Crippen molar-refractivity contribution in [2.24, 2.45) is 0 Å². The van der Waals surface area contributed by atoms with Crippen molar-refractivity contribution in [1.29, 1.82) is 0 Å². The largest absolute Gasteiger partial charge is 0.496 e. The third kappa shape index (κ3) is 3.46. The Hall–Kier alpha value is -2.94. The van der Waals surface area contributed by atoms with Gasteiger partial charge in [0.05, 0.1) is 19.2 Å². The molecule has 1 aromatic carbocycles. The number of ether oxygens (including phenoxy) is 1. The Morgan fingerprint density at radius 2 is 2.30 bits per heavy atom. The predicted molar refractivity (Wildman–Crippen MR) is 84.9 cm³/mol. The molecule has 2 N–H and O–H groups in total. The first-order valence-corrected chi connectivity index (χ1v) is 7.45. The van der Waals surface area contributed by atoms with Gasteiger partial charge in [-0.2, -0.15) is 5.10 Å². The first kappa shape index (κ1) is 15.0. The quantitative estimate of drug-likeness (QED) is 0.745. The molecule has 2 aromatic heterocycles. The van der Waals surface area contributed by atoms with Gasteiger partial charge in [0.1, 0.15) is 5.75 Å². The number of rotatable bonds is 5. The fourth-order valence-corrected chi connectivity index (χ4v) is 2.83.